The molecule has 5 fully saturated rings. The maximum absolute atomic E-state index is 14.9. The van der Waals surface area contributed by atoms with Gasteiger partial charge in [-0.15, -0.1) is 0 Å². The zero-order valence-electron chi connectivity index (χ0n) is 30.4. The van der Waals surface area contributed by atoms with Gasteiger partial charge >= 0.3 is 0 Å². The van der Waals surface area contributed by atoms with Crippen molar-refractivity contribution in [1.29, 1.82) is 0 Å². The first-order valence-corrected chi connectivity index (χ1v) is 19.0. The predicted molar refractivity (Wildman–Crippen MR) is 191 cm³/mol. The number of rotatable bonds is 1. The summed E-state index contributed by atoms with van der Waals surface area (Å²) in [7, 11) is 1.50. The monoisotopic (exact) mass is 756 g/mol. The number of hydrogen-bond acceptors (Lipinski definition) is 11. The second-order valence-corrected chi connectivity index (χ2v) is 15.7. The first kappa shape index (κ1) is 37.3. The Bertz CT molecular complexity index is 1700. The van der Waals surface area contributed by atoms with Gasteiger partial charge in [0.15, 0.2) is 0 Å². The average Bonchev–Trinajstić information content (AvgIpc) is 3.61. The third-order valence-corrected chi connectivity index (χ3v) is 11.9. The summed E-state index contributed by atoms with van der Waals surface area (Å²) in [5, 5.41) is 22.6. The summed E-state index contributed by atoms with van der Waals surface area (Å²) in [4.78, 5) is 89.3. The Balaban J connectivity index is 1.32. The average molecular weight is 757 g/mol. The molecule has 53 heavy (non-hydrogen) atoms. The number of aliphatic hydroxyl groups is 1. The minimum atomic E-state index is -1.71. The Labute approximate surface area is 313 Å². The summed E-state index contributed by atoms with van der Waals surface area (Å²) in [6, 6.07) is -1.55. The van der Waals surface area contributed by atoms with Crippen molar-refractivity contribution in [3.63, 3.8) is 0 Å². The summed E-state index contributed by atoms with van der Waals surface area (Å²) in [5.41, 5.74) is 8.45. The van der Waals surface area contributed by atoms with Gasteiger partial charge in [-0.1, -0.05) is 31.5 Å². The molecule has 6 amide bonds. The van der Waals surface area contributed by atoms with E-state index >= 15 is 0 Å². The topological polar surface area (TPSA) is 199 Å². The van der Waals surface area contributed by atoms with E-state index in [9.17, 15) is 33.9 Å². The van der Waals surface area contributed by atoms with Crippen LogP contribution in [0.3, 0.4) is 0 Å². The van der Waals surface area contributed by atoms with Crippen molar-refractivity contribution in [1.82, 2.24) is 46.4 Å². The first-order chi connectivity index (χ1) is 25.2. The molecule has 18 heteroatoms. The number of halogens is 1. The van der Waals surface area contributed by atoms with Crippen LogP contribution in [-0.2, 0) is 34.4 Å². The van der Waals surface area contributed by atoms with Crippen molar-refractivity contribution < 1.29 is 33.9 Å². The largest absolute Gasteiger partial charge is 0.381 e. The molecule has 1 aromatic rings. The van der Waals surface area contributed by atoms with Gasteiger partial charge in [0.25, 0.3) is 17.7 Å². The lowest BCUT2D eigenvalue weighted by Crippen LogP contribution is -2.69. The van der Waals surface area contributed by atoms with Crippen molar-refractivity contribution in [2.24, 2.45) is 5.92 Å². The number of nitrogens with one attached hydrogen (secondary N) is 5. The Morgan fingerprint density at radius 1 is 0.755 bits per heavy atom. The number of carbonyl (C=O) groups is 6. The highest BCUT2D eigenvalue weighted by molar-refractivity contribution is 6.31. The molecular formula is C35H49ClN10O7. The molecular weight excluding hydrogens is 708 g/mol. The Morgan fingerprint density at radius 2 is 1.30 bits per heavy atom. The molecule has 5 saturated heterocycles. The van der Waals surface area contributed by atoms with Gasteiger partial charge in [0.1, 0.15) is 48.0 Å². The number of hydrogen-bond donors (Lipinski definition) is 6. The van der Waals surface area contributed by atoms with E-state index in [4.69, 9.17) is 11.6 Å². The van der Waals surface area contributed by atoms with E-state index in [0.717, 1.165) is 0 Å². The molecule has 0 aliphatic carbocycles. The molecule has 8 atom stereocenters. The molecule has 0 spiro atoms. The number of likely N-dealkylation sites (N-methyl/N-ethyl adjacent to an activating group) is 1. The second-order valence-electron chi connectivity index (χ2n) is 15.3. The standard InChI is InChI=1S/C35H49ClN10O7/c1-18(2)27-33(52)46-25(10-7-15-39-46)32(51)45-23(8-5-14-38-45)30(49)42(4)19(3)29(48)44-24(9-6-13-37-44)31(50)43-26(28(47)41-27)17-35(53)21-12-11-20(36)16-22(21)40-34(35)43/h11-12,16,18-19,23-27,34,37-40,53H,5-10,13-15,17H2,1-4H3,(H,41,47)/t19-,23-,24-,25+,26+,27+,34+,35-/m1/s1. The molecule has 7 rings (SSSR count). The highest BCUT2D eigenvalue weighted by atomic mass is 35.5. The summed E-state index contributed by atoms with van der Waals surface area (Å²) in [6.07, 6.45) is 1.31. The third-order valence-electron chi connectivity index (χ3n) is 11.7. The number of fused-ring (bicyclic) bond motifs is 8. The van der Waals surface area contributed by atoms with Crippen LogP contribution in [0.25, 0.3) is 0 Å². The SMILES string of the molecule is CC(C)[C@@H]1NC(=O)[C@@H]2C[C@@]3(O)c4ccc(Cl)cc4N[C@H]3N2C(=O)[C@H]2CCCNN2C(=O)[C@@H](C)N(C)C(=O)[C@H]2CCCNN2C(=O)[C@@H]2CCCNN2C1=O. The summed E-state index contributed by atoms with van der Waals surface area (Å²) < 4.78 is 0. The first-order valence-electron chi connectivity index (χ1n) is 18.6. The predicted octanol–water partition coefficient (Wildman–Crippen LogP) is -0.632. The molecule has 6 aliphatic heterocycles. The fourth-order valence-corrected chi connectivity index (χ4v) is 8.83. The maximum Gasteiger partial charge on any atom is 0.261 e. The highest BCUT2D eigenvalue weighted by Crippen LogP contribution is 2.50. The van der Waals surface area contributed by atoms with Crippen LogP contribution in [0.5, 0.6) is 0 Å². The molecule has 6 heterocycles. The summed E-state index contributed by atoms with van der Waals surface area (Å²) in [5.74, 6) is -3.71. The van der Waals surface area contributed by atoms with E-state index < -0.39 is 89.4 Å². The van der Waals surface area contributed by atoms with Gasteiger partial charge < -0.3 is 25.5 Å². The van der Waals surface area contributed by atoms with Crippen LogP contribution in [0.2, 0.25) is 5.02 Å². The quantitative estimate of drug-likeness (QED) is 0.213. The lowest BCUT2D eigenvalue weighted by molar-refractivity contribution is -0.165. The number of anilines is 1. The van der Waals surface area contributed by atoms with E-state index in [1.54, 1.807) is 39.0 Å². The highest BCUT2D eigenvalue weighted by Gasteiger charge is 2.62. The lowest BCUT2D eigenvalue weighted by Gasteiger charge is -2.45. The van der Waals surface area contributed by atoms with E-state index in [1.165, 1.54) is 31.9 Å². The van der Waals surface area contributed by atoms with Gasteiger partial charge in [-0.25, -0.2) is 16.3 Å². The van der Waals surface area contributed by atoms with Crippen molar-refractivity contribution in [3.05, 3.63) is 28.8 Å². The van der Waals surface area contributed by atoms with Gasteiger partial charge in [-0.2, -0.15) is 0 Å². The lowest BCUT2D eigenvalue weighted by atomic mass is 9.91. The molecule has 17 nitrogen and oxygen atoms in total. The van der Waals surface area contributed by atoms with Crippen LogP contribution < -0.4 is 26.9 Å². The molecule has 6 aliphatic rings. The molecule has 0 bridgehead atoms. The van der Waals surface area contributed by atoms with Gasteiger partial charge in [-0.05, 0) is 63.5 Å². The third kappa shape index (κ3) is 6.29. The van der Waals surface area contributed by atoms with Crippen LogP contribution in [0, 0.1) is 5.92 Å². The zero-order chi connectivity index (χ0) is 37.9. The van der Waals surface area contributed by atoms with Crippen molar-refractivity contribution in [2.45, 2.75) is 114 Å². The molecule has 0 saturated carbocycles. The molecule has 288 valence electrons. The normalized spacial score (nSPS) is 34.4. The van der Waals surface area contributed by atoms with Gasteiger partial charge in [0.2, 0.25) is 17.7 Å². The number of benzene rings is 1. The Morgan fingerprint density at radius 3 is 1.91 bits per heavy atom. The Hall–Kier alpha value is -4.03. The van der Waals surface area contributed by atoms with Crippen LogP contribution in [0.15, 0.2) is 18.2 Å². The minimum absolute atomic E-state index is 0.206. The van der Waals surface area contributed by atoms with Gasteiger partial charge in [-0.3, -0.25) is 43.8 Å². The molecule has 1 aromatic carbocycles. The summed E-state index contributed by atoms with van der Waals surface area (Å²) >= 11 is 6.29. The van der Waals surface area contributed by atoms with Gasteiger partial charge in [0.05, 0.1) is 0 Å². The van der Waals surface area contributed by atoms with Crippen molar-refractivity contribution in [2.75, 3.05) is 32.0 Å². The van der Waals surface area contributed by atoms with Crippen LogP contribution in [-0.4, -0.2) is 134 Å². The molecule has 0 aromatic heterocycles. The number of amides is 6. The van der Waals surface area contributed by atoms with Crippen molar-refractivity contribution >= 4 is 52.7 Å². The number of carbonyl (C=O) groups excluding carboxylic acids is 6. The number of nitrogens with zero attached hydrogens (tertiary/aromatic N) is 5. The fraction of sp³-hybridized carbons (Fsp3) is 0.657. The van der Waals surface area contributed by atoms with E-state index in [0.29, 0.717) is 68.0 Å². The zero-order valence-corrected chi connectivity index (χ0v) is 31.2. The van der Waals surface area contributed by atoms with Gasteiger partial charge in [0, 0.05) is 49.4 Å². The van der Waals surface area contributed by atoms with Crippen LogP contribution in [0.4, 0.5) is 5.69 Å². The molecule has 0 radical (unpaired) electrons. The van der Waals surface area contributed by atoms with Crippen LogP contribution >= 0.6 is 11.6 Å². The van der Waals surface area contributed by atoms with Crippen molar-refractivity contribution in [3.8, 4) is 0 Å². The van der Waals surface area contributed by atoms with E-state index in [-0.39, 0.29) is 12.8 Å². The summed E-state index contributed by atoms with van der Waals surface area (Å²) in [6.45, 7) is 6.34. The molecule has 6 N–H and O–H groups in total. The fourth-order valence-electron chi connectivity index (χ4n) is 8.66. The second kappa shape index (κ2) is 14.3. The van der Waals surface area contributed by atoms with E-state index in [2.05, 4.69) is 26.9 Å². The maximum atomic E-state index is 14.9. The molecule has 0 unspecified atom stereocenters. The minimum Gasteiger partial charge on any atom is -0.381 e. The number of hydrazine groups is 3. The van der Waals surface area contributed by atoms with E-state index in [1.807, 2.05) is 0 Å². The Kier molecular flexibility index (Phi) is 10.1. The van der Waals surface area contributed by atoms with Crippen LogP contribution in [0.1, 0.15) is 71.3 Å². The smallest absolute Gasteiger partial charge is 0.261 e.